The Labute approximate surface area is 272 Å². The van der Waals surface area contributed by atoms with Gasteiger partial charge in [-0.3, -0.25) is 19.6 Å². The molecule has 0 atom stereocenters. The number of hydrogen-bond acceptors (Lipinski definition) is 10. The third-order valence-electron chi connectivity index (χ3n) is 8.07. The highest BCUT2D eigenvalue weighted by atomic mass is 19.1. The summed E-state index contributed by atoms with van der Waals surface area (Å²) in [6, 6.07) is 18.3. The lowest BCUT2D eigenvalue weighted by Crippen LogP contribution is -2.36. The Bertz CT molecular complexity index is 1790. The van der Waals surface area contributed by atoms with Crippen molar-refractivity contribution in [2.24, 2.45) is 9.98 Å². The highest BCUT2D eigenvalue weighted by Gasteiger charge is 2.21. The number of rotatable bonds is 5. The van der Waals surface area contributed by atoms with Gasteiger partial charge in [0.25, 0.3) is 0 Å². The molecule has 0 amide bonds. The second kappa shape index (κ2) is 15.5. The number of aldehydes is 2. The monoisotopic (exact) mass is 634 g/mol. The van der Waals surface area contributed by atoms with Gasteiger partial charge in [-0.2, -0.15) is 4.39 Å². The number of morpholine rings is 2. The minimum atomic E-state index is -0.532. The molecule has 4 aromatic rings. The normalized spacial score (nSPS) is 16.3. The molecule has 0 radical (unpaired) electrons. The van der Waals surface area contributed by atoms with Gasteiger partial charge >= 0.3 is 0 Å². The van der Waals surface area contributed by atoms with E-state index in [1.165, 1.54) is 12.3 Å². The summed E-state index contributed by atoms with van der Waals surface area (Å²) >= 11 is 0. The van der Waals surface area contributed by atoms with Crippen LogP contribution in [0.2, 0.25) is 0 Å². The zero-order valence-corrected chi connectivity index (χ0v) is 25.9. The molecule has 8 rings (SSSR count). The number of benzene rings is 2. The lowest BCUT2D eigenvalue weighted by atomic mass is 9.98. The standard InChI is InChI=1S/C18H17N3O2.C14H9FN2O.C4H9NO/c22-12-13-1-2-15-11-20-18(16(15)9-13)14-3-4-19-17(10-14)21-5-7-23-8-6-21;15-13-6-10(3-4-16-13)14-12-5-9(8-18)1-2-11(12)7-17-14;1-3-6-4-2-5-1/h1-4,9-10,12H,5-8,11H2;1-6,8H,7H2;5H,1-4H2. The SMILES string of the molecule is C1COCCN1.O=Cc1ccc2c(c1)C(c1ccnc(F)c1)=NC2.O=Cc1ccc2c(c1)C(c1ccnc(N3CCOCC3)c1)=NC2. The van der Waals surface area contributed by atoms with E-state index in [0.717, 1.165) is 110 Å². The van der Waals surface area contributed by atoms with Gasteiger partial charge in [0.2, 0.25) is 5.95 Å². The van der Waals surface area contributed by atoms with E-state index in [0.29, 0.717) is 29.8 Å². The summed E-state index contributed by atoms with van der Waals surface area (Å²) in [6.07, 6.45) is 4.91. The van der Waals surface area contributed by atoms with Crippen molar-refractivity contribution in [3.05, 3.63) is 124 Å². The van der Waals surface area contributed by atoms with Crippen molar-refractivity contribution >= 4 is 29.8 Å². The van der Waals surface area contributed by atoms with Gasteiger partial charge in [-0.15, -0.1) is 0 Å². The van der Waals surface area contributed by atoms with E-state index in [1.54, 1.807) is 18.2 Å². The minimum Gasteiger partial charge on any atom is -0.379 e. The molecule has 0 spiro atoms. The molecule has 4 aliphatic heterocycles. The first kappa shape index (κ1) is 32.0. The van der Waals surface area contributed by atoms with Crippen LogP contribution in [0.3, 0.4) is 0 Å². The van der Waals surface area contributed by atoms with E-state index in [1.807, 2.05) is 36.5 Å². The number of ether oxygens (including phenoxy) is 2. The Morgan fingerprint density at radius 3 is 1.74 bits per heavy atom. The molecule has 10 nitrogen and oxygen atoms in total. The maximum Gasteiger partial charge on any atom is 0.213 e. The lowest BCUT2D eigenvalue weighted by molar-refractivity contribution is 0.109. The van der Waals surface area contributed by atoms with Crippen molar-refractivity contribution in [2.75, 3.05) is 57.5 Å². The number of halogens is 1. The minimum absolute atomic E-state index is 0.532. The summed E-state index contributed by atoms with van der Waals surface area (Å²) < 4.78 is 23.5. The molecule has 4 aliphatic rings. The Balaban J connectivity index is 0.000000143. The van der Waals surface area contributed by atoms with E-state index >= 15 is 0 Å². The average Bonchev–Trinajstić information content (AvgIpc) is 3.77. The fraction of sp³-hybridized carbons (Fsp3) is 0.278. The lowest BCUT2D eigenvalue weighted by Gasteiger charge is -2.28. The van der Waals surface area contributed by atoms with E-state index in [-0.39, 0.29) is 0 Å². The molecule has 11 heteroatoms. The number of carbonyl (C=O) groups excluding carboxylic acids is 2. The fourth-order valence-electron chi connectivity index (χ4n) is 5.64. The molecule has 6 heterocycles. The summed E-state index contributed by atoms with van der Waals surface area (Å²) in [6.45, 7) is 8.24. The Kier molecular flexibility index (Phi) is 10.6. The van der Waals surface area contributed by atoms with Gasteiger partial charge in [0.15, 0.2) is 0 Å². The van der Waals surface area contributed by atoms with Crippen molar-refractivity contribution in [1.82, 2.24) is 15.3 Å². The molecule has 2 saturated heterocycles. The summed E-state index contributed by atoms with van der Waals surface area (Å²) in [4.78, 5) is 41.1. The first-order chi connectivity index (χ1) is 23.1. The fourth-order valence-corrected chi connectivity index (χ4v) is 5.64. The highest BCUT2D eigenvalue weighted by Crippen LogP contribution is 2.26. The first-order valence-electron chi connectivity index (χ1n) is 15.6. The second-order valence-corrected chi connectivity index (χ2v) is 11.1. The van der Waals surface area contributed by atoms with Crippen molar-refractivity contribution in [3.8, 4) is 0 Å². The smallest absolute Gasteiger partial charge is 0.213 e. The van der Waals surface area contributed by atoms with Gasteiger partial charge in [-0.05, 0) is 41.5 Å². The van der Waals surface area contributed by atoms with Crippen molar-refractivity contribution in [1.29, 1.82) is 0 Å². The third kappa shape index (κ3) is 7.89. The Morgan fingerprint density at radius 1 is 0.681 bits per heavy atom. The molecule has 47 heavy (non-hydrogen) atoms. The van der Waals surface area contributed by atoms with Crippen LogP contribution in [-0.4, -0.2) is 86.6 Å². The van der Waals surface area contributed by atoms with Gasteiger partial charge in [-0.1, -0.05) is 24.3 Å². The van der Waals surface area contributed by atoms with E-state index in [2.05, 4.69) is 36.2 Å². The summed E-state index contributed by atoms with van der Waals surface area (Å²) in [5, 5.41) is 3.16. The largest absolute Gasteiger partial charge is 0.379 e. The quantitative estimate of drug-likeness (QED) is 0.258. The maximum absolute atomic E-state index is 13.1. The topological polar surface area (TPSA) is 118 Å². The van der Waals surface area contributed by atoms with Gasteiger partial charge in [0.1, 0.15) is 18.4 Å². The molecular formula is C36H35FN6O4. The first-order valence-corrected chi connectivity index (χ1v) is 15.6. The number of aliphatic imine (C=N–C) groups is 2. The Hall–Kier alpha value is -4.97. The van der Waals surface area contributed by atoms with Crippen LogP contribution in [0.5, 0.6) is 0 Å². The summed E-state index contributed by atoms with van der Waals surface area (Å²) in [5.74, 6) is 0.420. The van der Waals surface area contributed by atoms with Gasteiger partial charge in [-0.25, -0.2) is 9.97 Å². The van der Waals surface area contributed by atoms with Crippen LogP contribution in [0.1, 0.15) is 54.1 Å². The van der Waals surface area contributed by atoms with Crippen molar-refractivity contribution in [3.63, 3.8) is 0 Å². The predicted octanol–water partition coefficient (Wildman–Crippen LogP) is 4.07. The molecule has 2 fully saturated rings. The molecule has 1 N–H and O–H groups in total. The van der Waals surface area contributed by atoms with Gasteiger partial charge in [0, 0.05) is 78.0 Å². The van der Waals surface area contributed by atoms with Crippen molar-refractivity contribution < 1.29 is 23.5 Å². The number of nitrogens with one attached hydrogen (secondary N) is 1. The molecule has 0 aliphatic carbocycles. The van der Waals surface area contributed by atoms with Crippen LogP contribution >= 0.6 is 0 Å². The van der Waals surface area contributed by atoms with E-state index < -0.39 is 5.95 Å². The average molecular weight is 635 g/mol. The van der Waals surface area contributed by atoms with E-state index in [9.17, 15) is 14.0 Å². The number of pyridine rings is 2. The zero-order chi connectivity index (χ0) is 32.4. The molecule has 2 aromatic carbocycles. The number of fused-ring (bicyclic) bond motifs is 2. The molecule has 240 valence electrons. The number of carbonyl (C=O) groups is 2. The maximum atomic E-state index is 13.1. The van der Waals surface area contributed by atoms with Gasteiger partial charge in [0.05, 0.1) is 50.9 Å². The number of hydrogen-bond donors (Lipinski definition) is 1. The summed E-state index contributed by atoms with van der Waals surface area (Å²) in [5.41, 5.74) is 8.82. The predicted molar refractivity (Wildman–Crippen MR) is 177 cm³/mol. The van der Waals surface area contributed by atoms with Crippen LogP contribution in [0.4, 0.5) is 10.2 Å². The van der Waals surface area contributed by atoms with E-state index in [4.69, 9.17) is 9.47 Å². The number of aromatic nitrogens is 2. The van der Waals surface area contributed by atoms with Crippen LogP contribution < -0.4 is 10.2 Å². The molecule has 0 saturated carbocycles. The molecular weight excluding hydrogens is 599 g/mol. The molecule has 0 unspecified atom stereocenters. The summed E-state index contributed by atoms with van der Waals surface area (Å²) in [7, 11) is 0. The number of anilines is 1. The van der Waals surface area contributed by atoms with Crippen LogP contribution in [0, 0.1) is 5.95 Å². The second-order valence-electron chi connectivity index (χ2n) is 11.1. The highest BCUT2D eigenvalue weighted by molar-refractivity contribution is 6.16. The molecule has 2 aromatic heterocycles. The van der Waals surface area contributed by atoms with Crippen LogP contribution in [0.25, 0.3) is 0 Å². The van der Waals surface area contributed by atoms with Gasteiger partial charge < -0.3 is 19.7 Å². The third-order valence-corrected chi connectivity index (χ3v) is 8.07. The van der Waals surface area contributed by atoms with Crippen LogP contribution in [-0.2, 0) is 22.6 Å². The number of nitrogens with zero attached hydrogens (tertiary/aromatic N) is 5. The van der Waals surface area contributed by atoms with Crippen LogP contribution in [0.15, 0.2) is 83.0 Å². The Morgan fingerprint density at radius 2 is 1.23 bits per heavy atom. The molecule has 0 bridgehead atoms. The van der Waals surface area contributed by atoms with Crippen molar-refractivity contribution in [2.45, 2.75) is 13.1 Å². The zero-order valence-electron chi connectivity index (χ0n) is 25.9.